The molecule has 5 nitrogen and oxygen atoms in total. The molecular formula is C20H25N3O2. The highest BCUT2D eigenvalue weighted by atomic mass is 16.3. The van der Waals surface area contributed by atoms with E-state index in [2.05, 4.69) is 17.1 Å². The minimum absolute atomic E-state index is 0.00873. The van der Waals surface area contributed by atoms with Crippen molar-refractivity contribution < 1.29 is 9.90 Å². The fourth-order valence-corrected chi connectivity index (χ4v) is 3.30. The molecule has 0 fully saturated rings. The number of aliphatic hydroxyl groups is 1. The Morgan fingerprint density at radius 3 is 3.00 bits per heavy atom. The van der Waals surface area contributed by atoms with Gasteiger partial charge in [-0.05, 0) is 55.5 Å². The van der Waals surface area contributed by atoms with Crippen LogP contribution in [0.3, 0.4) is 0 Å². The van der Waals surface area contributed by atoms with E-state index >= 15 is 0 Å². The van der Waals surface area contributed by atoms with Gasteiger partial charge in [0.2, 0.25) is 0 Å². The van der Waals surface area contributed by atoms with E-state index < -0.39 is 0 Å². The molecule has 1 atom stereocenters. The monoisotopic (exact) mass is 339 g/mol. The summed E-state index contributed by atoms with van der Waals surface area (Å²) in [6.07, 6.45) is 8.44. The first-order valence-electron chi connectivity index (χ1n) is 8.83. The van der Waals surface area contributed by atoms with Gasteiger partial charge in [0.15, 0.2) is 0 Å². The lowest BCUT2D eigenvalue weighted by molar-refractivity contribution is 0.0808. The lowest BCUT2D eigenvalue weighted by Crippen LogP contribution is -2.32. The van der Waals surface area contributed by atoms with E-state index in [1.54, 1.807) is 0 Å². The molecule has 0 aliphatic carbocycles. The van der Waals surface area contributed by atoms with Crippen molar-refractivity contribution in [2.45, 2.75) is 32.7 Å². The molecule has 0 bridgehead atoms. The molecule has 0 saturated heterocycles. The molecule has 1 unspecified atom stereocenters. The molecule has 0 spiro atoms. The first-order valence-corrected chi connectivity index (χ1v) is 8.83. The van der Waals surface area contributed by atoms with Gasteiger partial charge in [-0.3, -0.25) is 9.79 Å². The van der Waals surface area contributed by atoms with Gasteiger partial charge < -0.3 is 15.7 Å². The first kappa shape index (κ1) is 17.6. The molecule has 0 radical (unpaired) electrons. The summed E-state index contributed by atoms with van der Waals surface area (Å²) in [6, 6.07) is 5.69. The van der Waals surface area contributed by atoms with Crippen molar-refractivity contribution in [3.63, 3.8) is 0 Å². The van der Waals surface area contributed by atoms with E-state index in [1.165, 1.54) is 0 Å². The fraction of sp³-hybridized carbons (Fsp3) is 0.400. The first-order chi connectivity index (χ1) is 12.1. The standard InChI is InChI=1S/C20H25N3O2/c1-14-10-16(5-6-17(14)12-21)20(25)23-8-3-2-4-18-19(23)11-15(7-9-24)13-22-18/h4-6,10-11,13,15,24H,2-3,7-9,12,21H2,1H3. The zero-order valence-electron chi connectivity index (χ0n) is 14.6. The smallest absolute Gasteiger partial charge is 0.258 e. The number of rotatable bonds is 4. The number of benzene rings is 1. The number of carbonyl (C=O) groups is 1. The highest BCUT2D eigenvalue weighted by Crippen LogP contribution is 2.29. The minimum Gasteiger partial charge on any atom is -0.396 e. The van der Waals surface area contributed by atoms with Crippen LogP contribution in [0.1, 0.15) is 40.7 Å². The van der Waals surface area contributed by atoms with Crippen LogP contribution in [0.25, 0.3) is 0 Å². The highest BCUT2D eigenvalue weighted by molar-refractivity contribution is 5.96. The number of aliphatic hydroxyl groups excluding tert-OH is 1. The van der Waals surface area contributed by atoms with Crippen LogP contribution >= 0.6 is 0 Å². The average Bonchev–Trinajstić information content (AvgIpc) is 2.83. The van der Waals surface area contributed by atoms with Crippen LogP contribution < -0.4 is 5.73 Å². The number of fused-ring (bicyclic) bond motifs is 1. The fourth-order valence-electron chi connectivity index (χ4n) is 3.30. The quantitative estimate of drug-likeness (QED) is 0.885. The van der Waals surface area contributed by atoms with Crippen molar-refractivity contribution >= 4 is 12.1 Å². The Morgan fingerprint density at radius 2 is 2.28 bits per heavy atom. The Labute approximate surface area is 148 Å². The van der Waals surface area contributed by atoms with Crippen molar-refractivity contribution in [3.8, 4) is 0 Å². The van der Waals surface area contributed by atoms with Crippen molar-refractivity contribution in [3.05, 3.63) is 58.4 Å². The third-order valence-electron chi connectivity index (χ3n) is 4.77. The SMILES string of the molecule is Cc1cc(C(=O)N2CCCC=C3N=CC(CCO)C=C32)ccc1CN. The Kier molecular flexibility index (Phi) is 5.46. The highest BCUT2D eigenvalue weighted by Gasteiger charge is 2.26. The molecule has 25 heavy (non-hydrogen) atoms. The van der Waals surface area contributed by atoms with Gasteiger partial charge in [-0.2, -0.15) is 0 Å². The molecule has 132 valence electrons. The van der Waals surface area contributed by atoms with Crippen LogP contribution in [-0.2, 0) is 6.54 Å². The number of carbonyl (C=O) groups excluding carboxylic acids is 1. The van der Waals surface area contributed by atoms with Crippen LogP contribution in [-0.4, -0.2) is 35.3 Å². The predicted molar refractivity (Wildman–Crippen MR) is 99.2 cm³/mol. The molecule has 2 aliphatic rings. The van der Waals surface area contributed by atoms with Gasteiger partial charge in [-0.25, -0.2) is 0 Å². The third-order valence-corrected chi connectivity index (χ3v) is 4.77. The normalized spacial score (nSPS) is 19.8. The van der Waals surface area contributed by atoms with Crippen LogP contribution in [0, 0.1) is 12.8 Å². The van der Waals surface area contributed by atoms with Crippen molar-refractivity contribution in [1.82, 2.24) is 4.90 Å². The largest absolute Gasteiger partial charge is 0.396 e. The zero-order chi connectivity index (χ0) is 17.8. The van der Waals surface area contributed by atoms with Gasteiger partial charge in [0, 0.05) is 37.4 Å². The van der Waals surface area contributed by atoms with Crippen molar-refractivity contribution in [2.24, 2.45) is 16.6 Å². The van der Waals surface area contributed by atoms with Crippen LogP contribution in [0.4, 0.5) is 0 Å². The molecule has 5 heteroatoms. The summed E-state index contributed by atoms with van der Waals surface area (Å²) in [5, 5.41) is 9.21. The van der Waals surface area contributed by atoms with Gasteiger partial charge in [0.25, 0.3) is 5.91 Å². The molecule has 2 heterocycles. The number of aliphatic imine (C=N–C) groups is 1. The lowest BCUT2D eigenvalue weighted by atomic mass is 10.0. The van der Waals surface area contributed by atoms with Gasteiger partial charge >= 0.3 is 0 Å². The maximum Gasteiger partial charge on any atom is 0.258 e. The number of nitrogens with zero attached hydrogens (tertiary/aromatic N) is 2. The lowest BCUT2D eigenvalue weighted by Gasteiger charge is -2.27. The van der Waals surface area contributed by atoms with E-state index in [4.69, 9.17) is 5.73 Å². The molecule has 2 aliphatic heterocycles. The maximum atomic E-state index is 13.1. The zero-order valence-corrected chi connectivity index (χ0v) is 14.6. The van der Waals surface area contributed by atoms with Gasteiger partial charge in [0.1, 0.15) is 0 Å². The molecule has 3 rings (SSSR count). The molecule has 0 aromatic heterocycles. The second kappa shape index (κ2) is 7.76. The average molecular weight is 339 g/mol. The second-order valence-electron chi connectivity index (χ2n) is 6.54. The Hall–Kier alpha value is -2.24. The number of dihydropyridines is 1. The summed E-state index contributed by atoms with van der Waals surface area (Å²) in [5.74, 6) is 0.0532. The maximum absolute atomic E-state index is 13.1. The molecule has 0 saturated carbocycles. The van der Waals surface area contributed by atoms with Gasteiger partial charge in [0.05, 0.1) is 11.4 Å². The van der Waals surface area contributed by atoms with E-state index in [-0.39, 0.29) is 18.4 Å². The summed E-state index contributed by atoms with van der Waals surface area (Å²) in [6.45, 7) is 3.23. The predicted octanol–water partition coefficient (Wildman–Crippen LogP) is 2.54. The summed E-state index contributed by atoms with van der Waals surface area (Å²) in [5.41, 5.74) is 10.2. The molecular weight excluding hydrogens is 314 g/mol. The van der Waals surface area contributed by atoms with E-state index in [9.17, 15) is 9.90 Å². The summed E-state index contributed by atoms with van der Waals surface area (Å²) in [4.78, 5) is 19.5. The molecule has 1 amide bonds. The van der Waals surface area contributed by atoms with Crippen molar-refractivity contribution in [1.29, 1.82) is 0 Å². The number of hydrogen-bond donors (Lipinski definition) is 2. The Balaban J connectivity index is 1.92. The second-order valence-corrected chi connectivity index (χ2v) is 6.54. The van der Waals surface area contributed by atoms with Crippen LogP contribution in [0.2, 0.25) is 0 Å². The summed E-state index contributed by atoms with van der Waals surface area (Å²) >= 11 is 0. The molecule has 3 N–H and O–H groups in total. The number of nitrogens with two attached hydrogens (primary N) is 1. The van der Waals surface area contributed by atoms with Crippen LogP contribution in [0.15, 0.2) is 46.7 Å². The minimum atomic E-state index is -0.00873. The summed E-state index contributed by atoms with van der Waals surface area (Å²) in [7, 11) is 0. The number of aryl methyl sites for hydroxylation is 1. The van der Waals surface area contributed by atoms with E-state index in [0.717, 1.165) is 35.4 Å². The topological polar surface area (TPSA) is 78.9 Å². The Morgan fingerprint density at radius 1 is 1.44 bits per heavy atom. The van der Waals surface area contributed by atoms with E-state index in [1.807, 2.05) is 36.2 Å². The van der Waals surface area contributed by atoms with E-state index in [0.29, 0.717) is 25.1 Å². The van der Waals surface area contributed by atoms with Gasteiger partial charge in [-0.15, -0.1) is 0 Å². The van der Waals surface area contributed by atoms with Crippen molar-refractivity contribution in [2.75, 3.05) is 13.2 Å². The Bertz CT molecular complexity index is 749. The summed E-state index contributed by atoms with van der Waals surface area (Å²) < 4.78 is 0. The van der Waals surface area contributed by atoms with Gasteiger partial charge in [-0.1, -0.05) is 12.1 Å². The number of amides is 1. The number of hydrogen-bond acceptors (Lipinski definition) is 4. The third kappa shape index (κ3) is 3.72. The molecule has 1 aromatic carbocycles. The number of allylic oxidation sites excluding steroid dienone is 2. The molecule has 1 aromatic rings. The van der Waals surface area contributed by atoms with Crippen LogP contribution in [0.5, 0.6) is 0 Å².